The lowest BCUT2D eigenvalue weighted by molar-refractivity contribution is -0.150. The number of anilines is 1. The first kappa shape index (κ1) is 18.6. The van der Waals surface area contributed by atoms with Crippen LogP contribution in [0.1, 0.15) is 44.1 Å². The van der Waals surface area contributed by atoms with E-state index in [9.17, 15) is 22.4 Å². The summed E-state index contributed by atoms with van der Waals surface area (Å²) in [5.74, 6) is -0.577. The summed E-state index contributed by atoms with van der Waals surface area (Å²) in [6, 6.07) is 2.09. The van der Waals surface area contributed by atoms with Gasteiger partial charge < -0.3 is 5.32 Å². The minimum absolute atomic E-state index is 0.301. The molecule has 2 atom stereocenters. The fraction of sp³-hybridized carbons (Fsp3) is 0.550. The molecule has 1 heterocycles. The summed E-state index contributed by atoms with van der Waals surface area (Å²) in [5.41, 5.74) is -2.43. The van der Waals surface area contributed by atoms with Gasteiger partial charge in [0.15, 0.2) is 0 Å². The van der Waals surface area contributed by atoms with Crippen LogP contribution in [0, 0.1) is 23.1 Å². The fourth-order valence-corrected chi connectivity index (χ4v) is 6.25. The topological polar surface area (TPSA) is 59.8 Å². The van der Waals surface area contributed by atoms with E-state index >= 15 is 0 Å². The number of nitrogens with zero attached hydrogens (tertiary/aromatic N) is 3. The highest BCUT2D eigenvalue weighted by atomic mass is 19.4. The number of hydrogen-bond donors (Lipinski definition) is 1. The number of carbonyl (C=O) groups is 1. The van der Waals surface area contributed by atoms with E-state index in [1.807, 2.05) is 4.68 Å². The molecule has 0 spiro atoms. The maximum absolute atomic E-state index is 14.2. The van der Waals surface area contributed by atoms with Crippen LogP contribution in [-0.2, 0) is 16.5 Å². The van der Waals surface area contributed by atoms with E-state index in [2.05, 4.69) is 15.4 Å². The second-order valence-corrected chi connectivity index (χ2v) is 8.95. The van der Waals surface area contributed by atoms with Crippen LogP contribution in [0.25, 0.3) is 0 Å². The molecule has 1 aromatic carbocycles. The number of rotatable bonds is 3. The maximum Gasteiger partial charge on any atom is 0.416 e. The molecule has 6 rings (SSSR count). The van der Waals surface area contributed by atoms with Crippen LogP contribution in [-0.4, -0.2) is 20.7 Å². The van der Waals surface area contributed by atoms with Crippen LogP contribution in [0.5, 0.6) is 0 Å². The lowest BCUT2D eigenvalue weighted by Crippen LogP contribution is -2.60. The Balaban J connectivity index is 1.46. The summed E-state index contributed by atoms with van der Waals surface area (Å²) in [5, 5.41) is 6.81. The second-order valence-electron chi connectivity index (χ2n) is 8.95. The van der Waals surface area contributed by atoms with Gasteiger partial charge in [-0.05, 0) is 68.6 Å². The molecular formula is C20H20F4N4O. The largest absolute Gasteiger partial charge is 0.416 e. The molecule has 0 aliphatic heterocycles. The number of halogens is 4. The van der Waals surface area contributed by atoms with Gasteiger partial charge in [-0.25, -0.2) is 14.1 Å². The van der Waals surface area contributed by atoms with E-state index in [1.54, 1.807) is 6.33 Å². The van der Waals surface area contributed by atoms with Crippen LogP contribution >= 0.6 is 0 Å². The van der Waals surface area contributed by atoms with Gasteiger partial charge in [-0.3, -0.25) is 4.79 Å². The summed E-state index contributed by atoms with van der Waals surface area (Å²) in [7, 11) is 0. The molecule has 4 bridgehead atoms. The Morgan fingerprint density at radius 3 is 2.52 bits per heavy atom. The summed E-state index contributed by atoms with van der Waals surface area (Å²) < 4.78 is 55.1. The Bertz CT molecular complexity index is 942. The smallest absolute Gasteiger partial charge is 0.323 e. The normalized spacial score (nSPS) is 33.1. The number of alkyl halides is 3. The number of benzene rings is 1. The van der Waals surface area contributed by atoms with Gasteiger partial charge >= 0.3 is 6.18 Å². The van der Waals surface area contributed by atoms with Crippen molar-refractivity contribution >= 4 is 11.6 Å². The molecule has 4 aliphatic rings. The van der Waals surface area contributed by atoms with Gasteiger partial charge in [0.25, 0.3) is 0 Å². The minimum atomic E-state index is -4.61. The molecule has 0 unspecified atom stereocenters. The zero-order chi connectivity index (χ0) is 20.4. The zero-order valence-corrected chi connectivity index (χ0v) is 15.5. The third kappa shape index (κ3) is 2.93. The van der Waals surface area contributed by atoms with E-state index in [1.165, 1.54) is 6.33 Å². The summed E-state index contributed by atoms with van der Waals surface area (Å²) in [6.45, 7) is 0. The lowest BCUT2D eigenvalue weighted by atomic mass is 9.46. The van der Waals surface area contributed by atoms with Crippen molar-refractivity contribution in [3.05, 3.63) is 42.2 Å². The average Bonchev–Trinajstić information content (AvgIpc) is 3.17. The highest BCUT2D eigenvalue weighted by Crippen LogP contribution is 2.64. The molecule has 4 fully saturated rings. The van der Waals surface area contributed by atoms with Crippen molar-refractivity contribution in [1.82, 2.24) is 14.8 Å². The predicted octanol–water partition coefficient (Wildman–Crippen LogP) is 4.37. The molecule has 2 aromatic rings. The van der Waals surface area contributed by atoms with Gasteiger partial charge in [0.2, 0.25) is 5.91 Å². The Morgan fingerprint density at radius 2 is 1.90 bits per heavy atom. The van der Waals surface area contributed by atoms with Crippen LogP contribution in [0.2, 0.25) is 0 Å². The Labute approximate surface area is 164 Å². The molecule has 9 heteroatoms. The minimum Gasteiger partial charge on any atom is -0.323 e. The number of amides is 1. The van der Waals surface area contributed by atoms with Crippen LogP contribution in [0.3, 0.4) is 0 Å². The van der Waals surface area contributed by atoms with Crippen molar-refractivity contribution in [2.75, 3.05) is 5.32 Å². The fourth-order valence-electron chi connectivity index (χ4n) is 6.25. The van der Waals surface area contributed by atoms with Crippen molar-refractivity contribution in [3.63, 3.8) is 0 Å². The molecule has 1 N–H and O–H groups in total. The molecule has 4 saturated carbocycles. The summed E-state index contributed by atoms with van der Waals surface area (Å²) in [6.07, 6.45) is 3.31. The molecule has 0 saturated heterocycles. The molecule has 5 nitrogen and oxygen atoms in total. The Morgan fingerprint density at radius 1 is 1.17 bits per heavy atom. The van der Waals surface area contributed by atoms with E-state index in [0.717, 1.165) is 25.3 Å². The second kappa shape index (κ2) is 6.03. The highest BCUT2D eigenvalue weighted by molar-refractivity contribution is 5.96. The van der Waals surface area contributed by atoms with E-state index in [-0.39, 0.29) is 5.54 Å². The SMILES string of the molecule is O=C(Nc1cc(C(F)(F)F)ccc1F)C12C[C@@H]3C[C@@H](C1)CC(n1cncn1)(C3)C2. The van der Waals surface area contributed by atoms with Gasteiger partial charge in [0.1, 0.15) is 18.5 Å². The third-order valence-corrected chi connectivity index (χ3v) is 6.96. The average molecular weight is 408 g/mol. The number of aromatic nitrogens is 3. The van der Waals surface area contributed by atoms with E-state index < -0.39 is 34.6 Å². The van der Waals surface area contributed by atoms with Gasteiger partial charge in [-0.1, -0.05) is 0 Å². The van der Waals surface area contributed by atoms with Crippen molar-refractivity contribution in [3.8, 4) is 0 Å². The van der Waals surface area contributed by atoms with Gasteiger partial charge in [-0.15, -0.1) is 0 Å². The van der Waals surface area contributed by atoms with E-state index in [4.69, 9.17) is 0 Å². The summed E-state index contributed by atoms with van der Waals surface area (Å²) >= 11 is 0. The van der Waals surface area contributed by atoms with Gasteiger partial charge in [0.05, 0.1) is 22.2 Å². The molecular weight excluding hydrogens is 388 g/mol. The molecule has 1 aromatic heterocycles. The quantitative estimate of drug-likeness (QED) is 0.768. The molecule has 4 aliphatic carbocycles. The van der Waals surface area contributed by atoms with Gasteiger partial charge in [-0.2, -0.15) is 18.3 Å². The Kier molecular flexibility index (Phi) is 3.86. The van der Waals surface area contributed by atoms with Crippen LogP contribution in [0.4, 0.5) is 23.2 Å². The van der Waals surface area contributed by atoms with Crippen molar-refractivity contribution < 1.29 is 22.4 Å². The maximum atomic E-state index is 14.2. The first-order chi connectivity index (χ1) is 13.7. The number of carbonyl (C=O) groups excluding carboxylic acids is 1. The van der Waals surface area contributed by atoms with Crippen molar-refractivity contribution in [1.29, 1.82) is 0 Å². The molecule has 0 radical (unpaired) electrons. The first-order valence-corrected chi connectivity index (χ1v) is 9.73. The standard InChI is InChI=1S/C20H20F4N4O/c21-15-2-1-14(20(22,23)24)4-16(15)27-17(29)18-5-12-3-13(6-18)8-19(7-12,9-18)28-11-25-10-26-28/h1-2,4,10-13H,3,5-9H2,(H,27,29)/t12-,13-,18?,19?/m0/s1. The Hall–Kier alpha value is -2.45. The van der Waals surface area contributed by atoms with E-state index in [0.29, 0.717) is 43.2 Å². The monoisotopic (exact) mass is 408 g/mol. The summed E-state index contributed by atoms with van der Waals surface area (Å²) in [4.78, 5) is 17.3. The van der Waals surface area contributed by atoms with Crippen LogP contribution < -0.4 is 5.32 Å². The first-order valence-electron chi connectivity index (χ1n) is 9.73. The lowest BCUT2D eigenvalue weighted by Gasteiger charge is -2.60. The third-order valence-electron chi connectivity index (χ3n) is 6.96. The molecule has 1 amide bonds. The molecule has 154 valence electrons. The number of nitrogens with one attached hydrogen (secondary N) is 1. The zero-order valence-electron chi connectivity index (χ0n) is 15.5. The predicted molar refractivity (Wildman–Crippen MR) is 95.1 cm³/mol. The number of hydrogen-bond acceptors (Lipinski definition) is 3. The van der Waals surface area contributed by atoms with Gasteiger partial charge in [0, 0.05) is 0 Å². The van der Waals surface area contributed by atoms with Crippen molar-refractivity contribution in [2.45, 2.75) is 50.2 Å². The van der Waals surface area contributed by atoms with Crippen molar-refractivity contribution in [2.24, 2.45) is 17.3 Å². The van der Waals surface area contributed by atoms with Crippen LogP contribution in [0.15, 0.2) is 30.9 Å². The highest BCUT2D eigenvalue weighted by Gasteiger charge is 2.61. The molecule has 29 heavy (non-hydrogen) atoms.